The average molecular weight is 334 g/mol. The Morgan fingerprint density at radius 3 is 2.35 bits per heavy atom. The molecule has 0 aliphatic heterocycles. The molecule has 0 amide bonds. The van der Waals surface area contributed by atoms with Crippen molar-refractivity contribution in [3.63, 3.8) is 0 Å². The minimum absolute atomic E-state index is 0.136. The maximum Gasteiger partial charge on any atom is 0.216 e. The van der Waals surface area contributed by atoms with E-state index < -0.39 is 17.5 Å². The molecule has 1 heterocycles. The van der Waals surface area contributed by atoms with Crippen molar-refractivity contribution in [3.05, 3.63) is 70.3 Å². The lowest BCUT2D eigenvalue weighted by Crippen LogP contribution is -1.98. The molecule has 0 unspecified atom stereocenters. The molecule has 0 radical (unpaired) electrons. The fourth-order valence-corrected chi connectivity index (χ4v) is 2.11. The zero-order chi connectivity index (χ0) is 16.4. The van der Waals surface area contributed by atoms with Crippen molar-refractivity contribution in [2.24, 2.45) is 5.10 Å². The van der Waals surface area contributed by atoms with E-state index in [1.165, 1.54) is 35.0 Å². The molecule has 4 nitrogen and oxygen atoms in total. The van der Waals surface area contributed by atoms with Crippen LogP contribution in [0.4, 0.5) is 13.2 Å². The third kappa shape index (κ3) is 3.07. The number of H-pyrrole nitrogens is 1. The van der Waals surface area contributed by atoms with E-state index in [4.69, 9.17) is 12.2 Å². The lowest BCUT2D eigenvalue weighted by molar-refractivity contribution is 0.580. The fourth-order valence-electron chi connectivity index (χ4n) is 1.93. The predicted molar refractivity (Wildman–Crippen MR) is 82.2 cm³/mol. The van der Waals surface area contributed by atoms with E-state index in [1.54, 1.807) is 0 Å². The Hall–Kier alpha value is -2.74. The van der Waals surface area contributed by atoms with E-state index in [1.807, 2.05) is 0 Å². The molecule has 0 saturated heterocycles. The van der Waals surface area contributed by atoms with Crippen molar-refractivity contribution in [1.82, 2.24) is 14.9 Å². The third-order valence-corrected chi connectivity index (χ3v) is 3.32. The van der Waals surface area contributed by atoms with E-state index >= 15 is 0 Å². The van der Waals surface area contributed by atoms with E-state index in [-0.39, 0.29) is 10.3 Å². The SMILES string of the molecule is Fc1ccc(-c2n[nH]c(=S)n2/N=C\c2c(F)cccc2F)cc1. The number of benzene rings is 2. The largest absolute Gasteiger partial charge is 0.250 e. The van der Waals surface area contributed by atoms with Crippen molar-refractivity contribution in [3.8, 4) is 11.4 Å². The first-order valence-electron chi connectivity index (χ1n) is 6.48. The molecule has 8 heteroatoms. The minimum Gasteiger partial charge on any atom is -0.250 e. The van der Waals surface area contributed by atoms with Gasteiger partial charge in [-0.1, -0.05) is 6.07 Å². The van der Waals surface area contributed by atoms with Gasteiger partial charge in [0, 0.05) is 5.56 Å². The number of aromatic nitrogens is 3. The predicted octanol–water partition coefficient (Wildman–Crippen LogP) is 3.91. The number of halogens is 3. The van der Waals surface area contributed by atoms with Gasteiger partial charge in [-0.3, -0.25) is 0 Å². The zero-order valence-electron chi connectivity index (χ0n) is 11.5. The monoisotopic (exact) mass is 334 g/mol. The Balaban J connectivity index is 2.04. The second-order valence-electron chi connectivity index (χ2n) is 4.55. The summed E-state index contributed by atoms with van der Waals surface area (Å²) in [7, 11) is 0. The Morgan fingerprint density at radius 1 is 1.04 bits per heavy atom. The fraction of sp³-hybridized carbons (Fsp3) is 0. The second-order valence-corrected chi connectivity index (χ2v) is 4.94. The zero-order valence-corrected chi connectivity index (χ0v) is 12.3. The van der Waals surface area contributed by atoms with Crippen LogP contribution in [0.5, 0.6) is 0 Å². The van der Waals surface area contributed by atoms with Crippen LogP contribution in [0.3, 0.4) is 0 Å². The molecule has 0 fully saturated rings. The molecule has 2 aromatic carbocycles. The van der Waals surface area contributed by atoms with Crippen LogP contribution in [-0.2, 0) is 0 Å². The van der Waals surface area contributed by atoms with Crippen LogP contribution in [0.25, 0.3) is 11.4 Å². The number of aromatic amines is 1. The summed E-state index contributed by atoms with van der Waals surface area (Å²) in [6, 6.07) is 9.02. The minimum atomic E-state index is -0.743. The molecule has 0 atom stereocenters. The normalized spacial score (nSPS) is 11.3. The highest BCUT2D eigenvalue weighted by atomic mass is 32.1. The summed E-state index contributed by atoms with van der Waals surface area (Å²) in [6.07, 6.45) is 1.02. The molecule has 0 bridgehead atoms. The molecule has 23 heavy (non-hydrogen) atoms. The molecular weight excluding hydrogens is 325 g/mol. The quantitative estimate of drug-likeness (QED) is 0.583. The van der Waals surface area contributed by atoms with E-state index in [0.29, 0.717) is 11.4 Å². The van der Waals surface area contributed by atoms with E-state index in [9.17, 15) is 13.2 Å². The summed E-state index contributed by atoms with van der Waals surface area (Å²) in [4.78, 5) is 0. The number of nitrogens with one attached hydrogen (secondary N) is 1. The Kier molecular flexibility index (Phi) is 4.07. The van der Waals surface area contributed by atoms with Gasteiger partial charge in [0.2, 0.25) is 4.77 Å². The first kappa shape index (κ1) is 15.2. The number of nitrogens with zero attached hydrogens (tertiary/aromatic N) is 3. The maximum atomic E-state index is 13.6. The van der Waals surface area contributed by atoms with E-state index in [2.05, 4.69) is 15.3 Å². The summed E-state index contributed by atoms with van der Waals surface area (Å²) >= 11 is 5.05. The summed E-state index contributed by atoms with van der Waals surface area (Å²) < 4.78 is 41.6. The van der Waals surface area contributed by atoms with Crippen molar-refractivity contribution >= 4 is 18.4 Å². The standard InChI is InChI=1S/C15H9F3N4S/c16-10-6-4-9(5-7-10)14-20-21-15(23)22(14)19-8-11-12(17)2-1-3-13(11)18/h1-8H,(H,21,23)/b19-8-. The molecule has 116 valence electrons. The van der Waals surface area contributed by atoms with Crippen LogP contribution in [-0.4, -0.2) is 21.1 Å². The molecular formula is C15H9F3N4S. The molecule has 1 aromatic heterocycles. The van der Waals surface area contributed by atoms with Crippen LogP contribution in [0.2, 0.25) is 0 Å². The Morgan fingerprint density at radius 2 is 1.70 bits per heavy atom. The first-order chi connectivity index (χ1) is 11.1. The molecule has 0 aliphatic rings. The van der Waals surface area contributed by atoms with Crippen LogP contribution < -0.4 is 0 Å². The van der Waals surface area contributed by atoms with Gasteiger partial charge in [-0.05, 0) is 48.6 Å². The van der Waals surface area contributed by atoms with Crippen molar-refractivity contribution in [2.75, 3.05) is 0 Å². The van der Waals surface area contributed by atoms with Crippen LogP contribution in [0.1, 0.15) is 5.56 Å². The topological polar surface area (TPSA) is 46.0 Å². The third-order valence-electron chi connectivity index (χ3n) is 3.05. The number of rotatable bonds is 3. The number of hydrogen-bond acceptors (Lipinski definition) is 3. The summed E-state index contributed by atoms with van der Waals surface area (Å²) in [5.41, 5.74) is 0.255. The van der Waals surface area contributed by atoms with Gasteiger partial charge in [0.05, 0.1) is 11.8 Å². The number of hydrogen-bond donors (Lipinski definition) is 1. The molecule has 3 rings (SSSR count). The smallest absolute Gasteiger partial charge is 0.216 e. The van der Waals surface area contributed by atoms with Gasteiger partial charge in [0.25, 0.3) is 0 Å². The van der Waals surface area contributed by atoms with Crippen LogP contribution >= 0.6 is 12.2 Å². The van der Waals surface area contributed by atoms with Gasteiger partial charge >= 0.3 is 0 Å². The van der Waals surface area contributed by atoms with Gasteiger partial charge in [0.1, 0.15) is 17.5 Å². The first-order valence-corrected chi connectivity index (χ1v) is 6.89. The molecule has 0 saturated carbocycles. The molecule has 3 aromatic rings. The summed E-state index contributed by atoms with van der Waals surface area (Å²) in [5.74, 6) is -1.59. The highest BCUT2D eigenvalue weighted by Gasteiger charge is 2.10. The van der Waals surface area contributed by atoms with Gasteiger partial charge in [-0.25, -0.2) is 18.3 Å². The Labute approximate surface area is 133 Å². The maximum absolute atomic E-state index is 13.6. The molecule has 0 aliphatic carbocycles. The Bertz CT molecular complexity index is 908. The van der Waals surface area contributed by atoms with Crippen LogP contribution in [0.15, 0.2) is 47.6 Å². The van der Waals surface area contributed by atoms with Crippen LogP contribution in [0, 0.1) is 22.2 Å². The molecule has 0 spiro atoms. The highest BCUT2D eigenvalue weighted by Crippen LogP contribution is 2.18. The van der Waals surface area contributed by atoms with Gasteiger partial charge in [0.15, 0.2) is 5.82 Å². The van der Waals surface area contributed by atoms with Crippen molar-refractivity contribution in [2.45, 2.75) is 0 Å². The van der Waals surface area contributed by atoms with E-state index in [0.717, 1.165) is 18.3 Å². The second kappa shape index (κ2) is 6.17. The molecule has 1 N–H and O–H groups in total. The van der Waals surface area contributed by atoms with Gasteiger partial charge in [-0.2, -0.15) is 14.9 Å². The van der Waals surface area contributed by atoms with Gasteiger partial charge < -0.3 is 0 Å². The average Bonchev–Trinajstić information content (AvgIpc) is 2.89. The van der Waals surface area contributed by atoms with Crippen molar-refractivity contribution < 1.29 is 13.2 Å². The lowest BCUT2D eigenvalue weighted by atomic mass is 10.2. The lowest BCUT2D eigenvalue weighted by Gasteiger charge is -2.02. The summed E-state index contributed by atoms with van der Waals surface area (Å²) in [5, 5.41) is 10.5. The highest BCUT2D eigenvalue weighted by molar-refractivity contribution is 7.71. The van der Waals surface area contributed by atoms with Gasteiger partial charge in [-0.15, -0.1) is 0 Å². The van der Waals surface area contributed by atoms with Crippen molar-refractivity contribution in [1.29, 1.82) is 0 Å². The summed E-state index contributed by atoms with van der Waals surface area (Å²) in [6.45, 7) is 0.